The number of carbonyl (C=O) groups is 1. The summed E-state index contributed by atoms with van der Waals surface area (Å²) in [6.07, 6.45) is 0.831. The molecule has 0 N–H and O–H groups in total. The highest BCUT2D eigenvalue weighted by atomic mass is 32.2. The average Bonchev–Trinajstić information content (AvgIpc) is 3.09. The minimum Gasteiger partial charge on any atom is -0.375 e. The van der Waals surface area contributed by atoms with Crippen molar-refractivity contribution in [2.75, 3.05) is 25.4 Å². The van der Waals surface area contributed by atoms with Crippen molar-refractivity contribution in [1.82, 2.24) is 14.5 Å². The Hall–Kier alpha value is -2.16. The van der Waals surface area contributed by atoms with Crippen molar-refractivity contribution in [1.29, 1.82) is 0 Å². The van der Waals surface area contributed by atoms with E-state index in [0.29, 0.717) is 30.2 Å². The molecule has 8 heteroatoms. The second-order valence-corrected chi connectivity index (χ2v) is 10.5. The number of aryl methyl sites for hydroxylation is 4. The van der Waals surface area contributed by atoms with Crippen LogP contribution in [0.4, 0.5) is 0 Å². The molecule has 0 aliphatic carbocycles. The third-order valence-corrected chi connectivity index (χ3v) is 7.84. The number of aromatic nitrogens is 2. The lowest BCUT2D eigenvalue weighted by atomic mass is 10.1. The number of nitrogens with zero attached hydrogens (tertiary/aromatic N) is 3. The van der Waals surface area contributed by atoms with Crippen molar-refractivity contribution in [3.05, 3.63) is 50.1 Å². The molecule has 1 fully saturated rings. The normalized spacial score (nSPS) is 16.7. The molecule has 3 aromatic rings. The Balaban J connectivity index is 1.79. The van der Waals surface area contributed by atoms with Crippen molar-refractivity contribution in [2.45, 2.75) is 52.3 Å². The first kappa shape index (κ1) is 23.0. The number of thiophene rings is 1. The van der Waals surface area contributed by atoms with Crippen LogP contribution in [0.25, 0.3) is 15.9 Å². The number of rotatable bonds is 5. The third-order valence-electron chi connectivity index (χ3n) is 5.87. The molecule has 1 unspecified atom stereocenters. The Morgan fingerprint density at radius 1 is 1.31 bits per heavy atom. The summed E-state index contributed by atoms with van der Waals surface area (Å²) in [5.74, 6) is 0.282. The van der Waals surface area contributed by atoms with E-state index in [4.69, 9.17) is 9.72 Å². The number of amides is 1. The summed E-state index contributed by atoms with van der Waals surface area (Å²) >= 11 is 2.89. The lowest BCUT2D eigenvalue weighted by Crippen LogP contribution is -2.45. The van der Waals surface area contributed by atoms with Crippen molar-refractivity contribution < 1.29 is 9.53 Å². The molecule has 4 rings (SSSR count). The van der Waals surface area contributed by atoms with Crippen LogP contribution in [-0.4, -0.2) is 51.9 Å². The van der Waals surface area contributed by atoms with Crippen LogP contribution in [0.5, 0.6) is 0 Å². The maximum Gasteiger partial charge on any atom is 0.267 e. The summed E-state index contributed by atoms with van der Waals surface area (Å²) in [7, 11) is 0. The van der Waals surface area contributed by atoms with Gasteiger partial charge in [0.25, 0.3) is 5.56 Å². The first-order valence-electron chi connectivity index (χ1n) is 10.9. The summed E-state index contributed by atoms with van der Waals surface area (Å²) in [5, 5.41) is 1.27. The van der Waals surface area contributed by atoms with Crippen LogP contribution < -0.4 is 5.56 Å². The average molecular weight is 472 g/mol. The van der Waals surface area contributed by atoms with Crippen LogP contribution in [0.1, 0.15) is 35.4 Å². The first-order valence-corrected chi connectivity index (χ1v) is 12.7. The van der Waals surface area contributed by atoms with Crippen molar-refractivity contribution in [2.24, 2.45) is 0 Å². The number of carbonyl (C=O) groups excluding carboxylic acids is 1. The van der Waals surface area contributed by atoms with Gasteiger partial charge in [-0.25, -0.2) is 4.98 Å². The van der Waals surface area contributed by atoms with Gasteiger partial charge in [-0.05, 0) is 56.9 Å². The molecule has 1 atom stereocenters. The van der Waals surface area contributed by atoms with Crippen LogP contribution >= 0.6 is 23.1 Å². The zero-order valence-corrected chi connectivity index (χ0v) is 20.9. The van der Waals surface area contributed by atoms with E-state index in [9.17, 15) is 9.59 Å². The molecule has 1 aromatic carbocycles. The Bertz CT molecular complexity index is 1230. The van der Waals surface area contributed by atoms with E-state index in [-0.39, 0.29) is 23.3 Å². The Morgan fingerprint density at radius 2 is 2.09 bits per heavy atom. The van der Waals surface area contributed by atoms with Gasteiger partial charge in [-0.15, -0.1) is 11.3 Å². The van der Waals surface area contributed by atoms with E-state index in [1.807, 2.05) is 50.8 Å². The number of thioether (sulfide) groups is 1. The second-order valence-electron chi connectivity index (χ2n) is 8.31. The smallest absolute Gasteiger partial charge is 0.267 e. The van der Waals surface area contributed by atoms with Crippen LogP contribution in [0.3, 0.4) is 0 Å². The molecule has 1 saturated heterocycles. The molecule has 32 heavy (non-hydrogen) atoms. The molecule has 2 aromatic heterocycles. The second kappa shape index (κ2) is 9.37. The van der Waals surface area contributed by atoms with Crippen LogP contribution in [0, 0.1) is 20.8 Å². The fourth-order valence-corrected chi connectivity index (χ4v) is 6.22. The van der Waals surface area contributed by atoms with Crippen molar-refractivity contribution in [3.8, 4) is 5.69 Å². The summed E-state index contributed by atoms with van der Waals surface area (Å²) in [4.78, 5) is 35.3. The van der Waals surface area contributed by atoms with Gasteiger partial charge in [-0.3, -0.25) is 14.2 Å². The third kappa shape index (κ3) is 4.36. The molecule has 0 saturated carbocycles. The standard InChI is InChI=1S/C24H29N3O3S2/c1-6-18-17(5)32-22-21(18)23(29)27(19-11-14(2)7-8-15(19)3)24(25-22)31-13-20(28)26-9-10-30-16(4)12-26/h7-8,11,16H,6,9-10,12-13H2,1-5H3. The predicted octanol–water partition coefficient (Wildman–Crippen LogP) is 4.27. The van der Waals surface area contributed by atoms with Gasteiger partial charge in [-0.2, -0.15) is 0 Å². The number of ether oxygens (including phenoxy) is 1. The summed E-state index contributed by atoms with van der Waals surface area (Å²) < 4.78 is 7.26. The van der Waals surface area contributed by atoms with E-state index < -0.39 is 0 Å². The van der Waals surface area contributed by atoms with Gasteiger partial charge in [0.05, 0.1) is 29.5 Å². The summed E-state index contributed by atoms with van der Waals surface area (Å²) in [6, 6.07) is 6.08. The number of benzene rings is 1. The molecule has 170 valence electrons. The molecule has 0 bridgehead atoms. The van der Waals surface area contributed by atoms with Gasteiger partial charge in [0.15, 0.2) is 5.16 Å². The molecule has 1 amide bonds. The van der Waals surface area contributed by atoms with E-state index in [0.717, 1.165) is 38.5 Å². The van der Waals surface area contributed by atoms with Crippen LogP contribution in [0.15, 0.2) is 28.2 Å². The fraction of sp³-hybridized carbons (Fsp3) is 0.458. The monoisotopic (exact) mass is 471 g/mol. The SMILES string of the molecule is CCc1c(C)sc2nc(SCC(=O)N3CCOC(C)C3)n(-c3cc(C)ccc3C)c(=O)c12. The minimum absolute atomic E-state index is 0.0434. The topological polar surface area (TPSA) is 64.4 Å². The van der Waals surface area contributed by atoms with Gasteiger partial charge in [0, 0.05) is 18.0 Å². The molecule has 1 aliphatic heterocycles. The minimum atomic E-state index is -0.0557. The number of morpholine rings is 1. The Morgan fingerprint density at radius 3 is 2.81 bits per heavy atom. The molecular weight excluding hydrogens is 442 g/mol. The highest BCUT2D eigenvalue weighted by molar-refractivity contribution is 7.99. The van der Waals surface area contributed by atoms with Crippen molar-refractivity contribution >= 4 is 39.2 Å². The Kier molecular flexibility index (Phi) is 6.74. The molecular formula is C24H29N3O3S2. The van der Waals surface area contributed by atoms with Gasteiger partial charge in [0.2, 0.25) is 5.91 Å². The van der Waals surface area contributed by atoms with Gasteiger partial charge >= 0.3 is 0 Å². The number of hydrogen-bond donors (Lipinski definition) is 0. The summed E-state index contributed by atoms with van der Waals surface area (Å²) in [5.41, 5.74) is 3.91. The first-order chi connectivity index (χ1) is 15.3. The lowest BCUT2D eigenvalue weighted by Gasteiger charge is -2.31. The molecule has 1 aliphatic rings. The zero-order valence-electron chi connectivity index (χ0n) is 19.2. The highest BCUT2D eigenvalue weighted by Gasteiger charge is 2.24. The highest BCUT2D eigenvalue weighted by Crippen LogP contribution is 2.31. The fourth-order valence-electron chi connectivity index (χ4n) is 4.16. The van der Waals surface area contributed by atoms with Crippen LogP contribution in [-0.2, 0) is 16.0 Å². The molecule has 0 spiro atoms. The van der Waals surface area contributed by atoms with E-state index in [1.165, 1.54) is 11.8 Å². The largest absolute Gasteiger partial charge is 0.375 e. The van der Waals surface area contributed by atoms with Gasteiger partial charge < -0.3 is 9.64 Å². The lowest BCUT2D eigenvalue weighted by molar-refractivity contribution is -0.135. The maximum absolute atomic E-state index is 13.8. The number of fused-ring (bicyclic) bond motifs is 1. The molecule has 6 nitrogen and oxygen atoms in total. The maximum atomic E-state index is 13.8. The van der Waals surface area contributed by atoms with E-state index >= 15 is 0 Å². The summed E-state index contributed by atoms with van der Waals surface area (Å²) in [6.45, 7) is 11.9. The van der Waals surface area contributed by atoms with E-state index in [1.54, 1.807) is 15.9 Å². The van der Waals surface area contributed by atoms with Gasteiger partial charge in [0.1, 0.15) is 4.83 Å². The van der Waals surface area contributed by atoms with Crippen LogP contribution in [0.2, 0.25) is 0 Å². The quantitative estimate of drug-likeness (QED) is 0.411. The zero-order chi connectivity index (χ0) is 23.0. The molecule has 0 radical (unpaired) electrons. The van der Waals surface area contributed by atoms with Gasteiger partial charge in [-0.1, -0.05) is 30.8 Å². The molecule has 3 heterocycles. The Labute approximate surface area is 196 Å². The van der Waals surface area contributed by atoms with E-state index in [2.05, 4.69) is 6.92 Å². The van der Waals surface area contributed by atoms with Crippen molar-refractivity contribution in [3.63, 3.8) is 0 Å². The predicted molar refractivity (Wildman–Crippen MR) is 132 cm³/mol. The number of hydrogen-bond acceptors (Lipinski definition) is 6.